The zero-order chi connectivity index (χ0) is 14.4. The smallest absolute Gasteiger partial charge is 0.234 e. The number of imidazole rings is 1. The van der Waals surface area contributed by atoms with Gasteiger partial charge in [-0.3, -0.25) is 4.40 Å². The molecular weight excluding hydrogens is 302 g/mol. The van der Waals surface area contributed by atoms with Crippen LogP contribution in [0.15, 0.2) is 41.6 Å². The molecule has 1 aromatic carbocycles. The van der Waals surface area contributed by atoms with E-state index in [1.165, 1.54) is 17.7 Å². The summed E-state index contributed by atoms with van der Waals surface area (Å²) in [6, 6.07) is 8.31. The molecule has 1 fully saturated rings. The van der Waals surface area contributed by atoms with Gasteiger partial charge in [0.1, 0.15) is 0 Å². The largest absolute Gasteiger partial charge is 0.284 e. The van der Waals surface area contributed by atoms with Gasteiger partial charge in [-0.25, -0.2) is 9.97 Å². The molecule has 2 aromatic heterocycles. The van der Waals surface area contributed by atoms with Crippen LogP contribution in [0.5, 0.6) is 0 Å². The lowest BCUT2D eigenvalue weighted by Gasteiger charge is -2.11. The highest BCUT2D eigenvalue weighted by Crippen LogP contribution is 2.41. The first kappa shape index (κ1) is 13.2. The van der Waals surface area contributed by atoms with E-state index in [1.807, 2.05) is 22.7 Å². The Morgan fingerprint density at radius 3 is 2.90 bits per heavy atom. The Hall–Kier alpha value is -1.52. The van der Waals surface area contributed by atoms with Gasteiger partial charge in [-0.1, -0.05) is 11.6 Å². The molecule has 21 heavy (non-hydrogen) atoms. The molecule has 0 aliphatic heterocycles. The maximum Gasteiger partial charge on any atom is 0.234 e. The van der Waals surface area contributed by atoms with E-state index in [1.54, 1.807) is 18.0 Å². The minimum Gasteiger partial charge on any atom is -0.284 e. The maximum atomic E-state index is 6.44. The van der Waals surface area contributed by atoms with Gasteiger partial charge in [-0.15, -0.1) is 11.8 Å². The number of halogens is 1. The van der Waals surface area contributed by atoms with Crippen molar-refractivity contribution in [2.24, 2.45) is 0 Å². The quantitative estimate of drug-likeness (QED) is 0.659. The van der Waals surface area contributed by atoms with Crippen molar-refractivity contribution in [3.8, 4) is 11.3 Å². The van der Waals surface area contributed by atoms with Gasteiger partial charge in [0.25, 0.3) is 0 Å². The second kappa shape index (κ2) is 5.04. The normalized spacial score (nSPS) is 14.8. The molecule has 0 amide bonds. The van der Waals surface area contributed by atoms with Crippen LogP contribution in [0.2, 0.25) is 5.02 Å². The highest BCUT2D eigenvalue weighted by atomic mass is 35.5. The van der Waals surface area contributed by atoms with E-state index in [0.29, 0.717) is 5.92 Å². The third-order valence-electron chi connectivity index (χ3n) is 3.84. The monoisotopic (exact) mass is 315 g/mol. The van der Waals surface area contributed by atoms with Crippen molar-refractivity contribution >= 4 is 29.1 Å². The van der Waals surface area contributed by atoms with Crippen LogP contribution < -0.4 is 0 Å². The topological polar surface area (TPSA) is 30.2 Å². The molecule has 2 heterocycles. The molecule has 0 spiro atoms. The van der Waals surface area contributed by atoms with Crippen LogP contribution in [0.3, 0.4) is 0 Å². The lowest BCUT2D eigenvalue weighted by atomic mass is 10.1. The number of hydrogen-bond donors (Lipinski definition) is 0. The predicted molar refractivity (Wildman–Crippen MR) is 87.2 cm³/mol. The fraction of sp³-hybridized carbons (Fsp3) is 0.250. The van der Waals surface area contributed by atoms with E-state index >= 15 is 0 Å². The van der Waals surface area contributed by atoms with Gasteiger partial charge in [0, 0.05) is 39.5 Å². The first-order valence-corrected chi connectivity index (χ1v) is 8.54. The Balaban J connectivity index is 1.98. The Kier molecular flexibility index (Phi) is 3.16. The fourth-order valence-corrected chi connectivity index (χ4v) is 3.20. The lowest BCUT2D eigenvalue weighted by molar-refractivity contribution is 0.987. The van der Waals surface area contributed by atoms with Crippen molar-refractivity contribution in [2.45, 2.75) is 23.7 Å². The van der Waals surface area contributed by atoms with Crippen molar-refractivity contribution in [1.29, 1.82) is 0 Å². The Morgan fingerprint density at radius 2 is 2.14 bits per heavy atom. The zero-order valence-corrected chi connectivity index (χ0v) is 13.2. The number of aromatic nitrogens is 3. The van der Waals surface area contributed by atoms with Crippen molar-refractivity contribution in [3.05, 3.63) is 47.4 Å². The molecule has 106 valence electrons. The maximum absolute atomic E-state index is 6.44. The average Bonchev–Trinajstić information content (AvgIpc) is 3.25. The van der Waals surface area contributed by atoms with Crippen molar-refractivity contribution < 1.29 is 0 Å². The summed E-state index contributed by atoms with van der Waals surface area (Å²) in [5.74, 6) is 1.34. The average molecular weight is 316 g/mol. The van der Waals surface area contributed by atoms with E-state index in [0.717, 1.165) is 27.8 Å². The number of nitrogens with zero attached hydrogens (tertiary/aromatic N) is 3. The first-order chi connectivity index (χ1) is 10.3. The second-order valence-electron chi connectivity index (χ2n) is 5.28. The van der Waals surface area contributed by atoms with E-state index in [4.69, 9.17) is 11.6 Å². The first-order valence-electron chi connectivity index (χ1n) is 6.94. The van der Waals surface area contributed by atoms with Crippen LogP contribution >= 0.6 is 23.4 Å². The summed E-state index contributed by atoms with van der Waals surface area (Å²) in [7, 11) is 0. The summed E-state index contributed by atoms with van der Waals surface area (Å²) in [4.78, 5) is 10.2. The highest BCUT2D eigenvalue weighted by molar-refractivity contribution is 7.98. The third-order valence-corrected chi connectivity index (χ3v) is 4.89. The van der Waals surface area contributed by atoms with Crippen LogP contribution in [-0.4, -0.2) is 20.6 Å². The standard InChI is InChI=1S/C16H14ClN3S/c1-21-11-4-5-13(17)12(8-11)15-9-14(10-2-3-10)19-16-18-6-7-20(15)16/h4-10H,2-3H2,1H3. The summed E-state index contributed by atoms with van der Waals surface area (Å²) < 4.78 is 2.01. The molecule has 1 aliphatic carbocycles. The third kappa shape index (κ3) is 2.32. The van der Waals surface area contributed by atoms with E-state index in [2.05, 4.69) is 28.4 Å². The number of fused-ring (bicyclic) bond motifs is 1. The molecule has 1 aliphatic rings. The molecule has 1 saturated carbocycles. The molecular formula is C16H14ClN3S. The van der Waals surface area contributed by atoms with Gasteiger partial charge in [0.2, 0.25) is 5.78 Å². The minimum atomic E-state index is 0.591. The number of hydrogen-bond acceptors (Lipinski definition) is 3. The zero-order valence-electron chi connectivity index (χ0n) is 11.6. The number of thioether (sulfide) groups is 1. The van der Waals surface area contributed by atoms with Gasteiger partial charge in [0.15, 0.2) is 0 Å². The summed E-state index contributed by atoms with van der Waals surface area (Å²) >= 11 is 8.16. The molecule has 0 bridgehead atoms. The van der Waals surface area contributed by atoms with Crippen LogP contribution in [0.1, 0.15) is 24.5 Å². The Bertz CT molecular complexity index is 824. The van der Waals surface area contributed by atoms with Crippen LogP contribution in [0, 0.1) is 0 Å². The molecule has 3 aromatic rings. The predicted octanol–water partition coefficient (Wildman–Crippen LogP) is 4.65. The Labute approximate surface area is 132 Å². The summed E-state index contributed by atoms with van der Waals surface area (Å²) in [6.07, 6.45) is 8.25. The molecule has 0 atom stereocenters. The second-order valence-corrected chi connectivity index (χ2v) is 6.57. The minimum absolute atomic E-state index is 0.591. The molecule has 4 rings (SSSR count). The van der Waals surface area contributed by atoms with Crippen molar-refractivity contribution in [3.63, 3.8) is 0 Å². The van der Waals surface area contributed by atoms with Crippen molar-refractivity contribution in [2.75, 3.05) is 6.26 Å². The SMILES string of the molecule is CSc1ccc(Cl)c(-c2cc(C3CC3)nc3nccn23)c1. The van der Waals surface area contributed by atoms with E-state index < -0.39 is 0 Å². The van der Waals surface area contributed by atoms with Crippen LogP contribution in [-0.2, 0) is 0 Å². The summed E-state index contributed by atoms with van der Waals surface area (Å²) in [5, 5.41) is 0.760. The summed E-state index contributed by atoms with van der Waals surface area (Å²) in [5.41, 5.74) is 3.24. The molecule has 0 unspecified atom stereocenters. The van der Waals surface area contributed by atoms with Crippen LogP contribution in [0.25, 0.3) is 17.0 Å². The highest BCUT2D eigenvalue weighted by Gasteiger charge is 2.26. The molecule has 0 N–H and O–H groups in total. The summed E-state index contributed by atoms with van der Waals surface area (Å²) in [6.45, 7) is 0. The van der Waals surface area contributed by atoms with Gasteiger partial charge in [-0.05, 0) is 43.4 Å². The van der Waals surface area contributed by atoms with Gasteiger partial charge in [-0.2, -0.15) is 0 Å². The van der Waals surface area contributed by atoms with Crippen molar-refractivity contribution in [1.82, 2.24) is 14.4 Å². The lowest BCUT2D eigenvalue weighted by Crippen LogP contribution is -1.98. The van der Waals surface area contributed by atoms with Gasteiger partial charge >= 0.3 is 0 Å². The number of benzene rings is 1. The molecule has 5 heteroatoms. The van der Waals surface area contributed by atoms with Crippen LogP contribution in [0.4, 0.5) is 0 Å². The molecule has 0 saturated heterocycles. The fourth-order valence-electron chi connectivity index (χ4n) is 2.55. The van der Waals surface area contributed by atoms with Gasteiger partial charge in [0.05, 0.1) is 5.69 Å². The van der Waals surface area contributed by atoms with E-state index in [9.17, 15) is 0 Å². The number of rotatable bonds is 3. The van der Waals surface area contributed by atoms with Gasteiger partial charge < -0.3 is 0 Å². The Morgan fingerprint density at radius 1 is 1.29 bits per heavy atom. The van der Waals surface area contributed by atoms with E-state index in [-0.39, 0.29) is 0 Å². The molecule has 0 radical (unpaired) electrons. The molecule has 3 nitrogen and oxygen atoms in total.